The lowest BCUT2D eigenvalue weighted by Crippen LogP contribution is -2.34. The zero-order chi connectivity index (χ0) is 11.0. The zero-order valence-electron chi connectivity index (χ0n) is 8.81. The van der Waals surface area contributed by atoms with Crippen LogP contribution >= 0.6 is 0 Å². The second-order valence-corrected chi connectivity index (χ2v) is 4.27. The Labute approximate surface area is 92.2 Å². The first-order valence-corrected chi connectivity index (χ1v) is 5.40. The topological polar surface area (TPSA) is 93.6 Å². The number of hydrogen-bond donors (Lipinski definition) is 2. The minimum atomic E-state index is -0.397. The van der Waals surface area contributed by atoms with Gasteiger partial charge in [-0.15, -0.1) is 0 Å². The van der Waals surface area contributed by atoms with Gasteiger partial charge in [0.2, 0.25) is 0 Å². The molecule has 6 heteroatoms. The normalized spacial score (nSPS) is 19.1. The highest BCUT2D eigenvalue weighted by Crippen LogP contribution is 2.35. The Hall–Kier alpha value is -1.69. The molecular weight excluding hydrogens is 206 g/mol. The number of aromatic nitrogens is 4. The number of hydrogen-bond acceptors (Lipinski definition) is 5. The van der Waals surface area contributed by atoms with Crippen LogP contribution in [0.3, 0.4) is 0 Å². The number of nitrogens with two attached hydrogens (primary N) is 1. The molecule has 0 aliphatic heterocycles. The predicted octanol–water partition coefficient (Wildman–Crippen LogP) is 1.19. The summed E-state index contributed by atoms with van der Waals surface area (Å²) in [6, 6.07) is 0. The highest BCUT2D eigenvalue weighted by atomic mass is 16.5. The molecule has 2 aromatic heterocycles. The molecule has 0 aromatic carbocycles. The van der Waals surface area contributed by atoms with E-state index in [9.17, 15) is 0 Å². The van der Waals surface area contributed by atoms with Crippen LogP contribution in [0, 0.1) is 0 Å². The Kier molecular flexibility index (Phi) is 2.03. The third-order valence-electron chi connectivity index (χ3n) is 3.11. The second kappa shape index (κ2) is 3.41. The Morgan fingerprint density at radius 2 is 2.19 bits per heavy atom. The van der Waals surface area contributed by atoms with E-state index in [-0.39, 0.29) is 0 Å². The molecule has 2 heterocycles. The summed E-state index contributed by atoms with van der Waals surface area (Å²) in [6.45, 7) is 0. The van der Waals surface area contributed by atoms with Gasteiger partial charge in [0.05, 0.1) is 17.3 Å². The molecule has 0 atom stereocenters. The molecule has 3 N–H and O–H groups in total. The fourth-order valence-corrected chi connectivity index (χ4v) is 2.14. The lowest BCUT2D eigenvalue weighted by atomic mass is 9.99. The number of nitrogens with one attached hydrogen (secondary N) is 1. The Morgan fingerprint density at radius 1 is 1.38 bits per heavy atom. The van der Waals surface area contributed by atoms with Crippen LogP contribution in [0.1, 0.15) is 31.5 Å². The van der Waals surface area contributed by atoms with Crippen molar-refractivity contribution in [3.05, 3.63) is 18.2 Å². The van der Waals surface area contributed by atoms with Crippen molar-refractivity contribution in [2.24, 2.45) is 5.73 Å². The second-order valence-electron chi connectivity index (χ2n) is 4.27. The molecule has 2 aromatic rings. The summed E-state index contributed by atoms with van der Waals surface area (Å²) in [7, 11) is 0. The number of aromatic amines is 1. The summed E-state index contributed by atoms with van der Waals surface area (Å²) in [4.78, 5) is 4.34. The van der Waals surface area contributed by atoms with E-state index in [0.717, 1.165) is 31.2 Å². The molecule has 0 bridgehead atoms. The van der Waals surface area contributed by atoms with Gasteiger partial charge in [-0.1, -0.05) is 18.0 Å². The van der Waals surface area contributed by atoms with Crippen LogP contribution < -0.4 is 5.73 Å². The van der Waals surface area contributed by atoms with Crippen LogP contribution in [0.4, 0.5) is 0 Å². The van der Waals surface area contributed by atoms with Crippen molar-refractivity contribution >= 4 is 0 Å². The Balaban J connectivity index is 1.93. The van der Waals surface area contributed by atoms with Gasteiger partial charge in [0, 0.05) is 6.20 Å². The average Bonchev–Trinajstić information content (AvgIpc) is 2.98. The van der Waals surface area contributed by atoms with Crippen molar-refractivity contribution in [3.63, 3.8) is 0 Å². The lowest BCUT2D eigenvalue weighted by molar-refractivity contribution is 0.372. The third kappa shape index (κ3) is 1.42. The molecule has 1 fully saturated rings. The maximum atomic E-state index is 6.24. The minimum absolute atomic E-state index is 0.397. The van der Waals surface area contributed by atoms with Crippen molar-refractivity contribution in [3.8, 4) is 11.5 Å². The van der Waals surface area contributed by atoms with Crippen molar-refractivity contribution in [1.29, 1.82) is 0 Å². The molecule has 16 heavy (non-hydrogen) atoms. The molecule has 1 saturated carbocycles. The van der Waals surface area contributed by atoms with Gasteiger partial charge in [0.15, 0.2) is 5.82 Å². The first-order chi connectivity index (χ1) is 7.78. The molecule has 84 valence electrons. The first kappa shape index (κ1) is 9.53. The van der Waals surface area contributed by atoms with Crippen LogP contribution in [-0.2, 0) is 5.54 Å². The fraction of sp³-hybridized carbons (Fsp3) is 0.500. The van der Waals surface area contributed by atoms with E-state index in [2.05, 4.69) is 20.3 Å². The summed E-state index contributed by atoms with van der Waals surface area (Å²) >= 11 is 0. The minimum Gasteiger partial charge on any atom is -0.334 e. The van der Waals surface area contributed by atoms with Crippen LogP contribution in [0.25, 0.3) is 11.5 Å². The third-order valence-corrected chi connectivity index (χ3v) is 3.11. The first-order valence-electron chi connectivity index (χ1n) is 5.40. The van der Waals surface area contributed by atoms with Crippen molar-refractivity contribution in [2.45, 2.75) is 31.2 Å². The van der Waals surface area contributed by atoms with Gasteiger partial charge in [-0.3, -0.25) is 5.10 Å². The van der Waals surface area contributed by atoms with Gasteiger partial charge in [-0.2, -0.15) is 10.1 Å². The molecule has 0 spiro atoms. The smallest absolute Gasteiger partial charge is 0.261 e. The number of rotatable bonds is 2. The van der Waals surface area contributed by atoms with Gasteiger partial charge in [-0.25, -0.2) is 0 Å². The highest BCUT2D eigenvalue weighted by molar-refractivity contribution is 5.49. The van der Waals surface area contributed by atoms with E-state index in [1.165, 1.54) is 0 Å². The van der Waals surface area contributed by atoms with Crippen molar-refractivity contribution < 1.29 is 4.52 Å². The van der Waals surface area contributed by atoms with E-state index in [1.807, 2.05) is 0 Å². The van der Waals surface area contributed by atoms with Gasteiger partial charge in [-0.05, 0) is 12.8 Å². The molecule has 3 rings (SSSR count). The van der Waals surface area contributed by atoms with Gasteiger partial charge in [0.1, 0.15) is 0 Å². The molecule has 1 aliphatic rings. The summed E-state index contributed by atoms with van der Waals surface area (Å²) < 4.78 is 5.19. The SMILES string of the molecule is NC1(c2noc(-c3cn[nH]c3)n2)CCCC1. The van der Waals surface area contributed by atoms with Crippen molar-refractivity contribution in [2.75, 3.05) is 0 Å². The van der Waals surface area contributed by atoms with Gasteiger partial charge in [0.25, 0.3) is 5.89 Å². The monoisotopic (exact) mass is 219 g/mol. The van der Waals surface area contributed by atoms with E-state index >= 15 is 0 Å². The summed E-state index contributed by atoms with van der Waals surface area (Å²) in [5.41, 5.74) is 6.63. The summed E-state index contributed by atoms with van der Waals surface area (Å²) in [5, 5.41) is 10.5. The average molecular weight is 219 g/mol. The van der Waals surface area contributed by atoms with Crippen LogP contribution in [0.5, 0.6) is 0 Å². The van der Waals surface area contributed by atoms with E-state index in [1.54, 1.807) is 12.4 Å². The Morgan fingerprint density at radius 3 is 2.88 bits per heavy atom. The lowest BCUT2D eigenvalue weighted by Gasteiger charge is -2.17. The van der Waals surface area contributed by atoms with Crippen LogP contribution in [-0.4, -0.2) is 20.3 Å². The molecule has 0 amide bonds. The van der Waals surface area contributed by atoms with Gasteiger partial charge >= 0.3 is 0 Å². The van der Waals surface area contributed by atoms with E-state index < -0.39 is 5.54 Å². The molecule has 0 radical (unpaired) electrons. The molecular formula is C10H13N5O. The largest absolute Gasteiger partial charge is 0.334 e. The van der Waals surface area contributed by atoms with Crippen LogP contribution in [0.2, 0.25) is 0 Å². The molecule has 1 aliphatic carbocycles. The van der Waals surface area contributed by atoms with E-state index in [4.69, 9.17) is 10.3 Å². The fourth-order valence-electron chi connectivity index (χ4n) is 2.14. The predicted molar refractivity (Wildman–Crippen MR) is 56.2 cm³/mol. The molecule has 0 saturated heterocycles. The maximum absolute atomic E-state index is 6.24. The Bertz CT molecular complexity index is 469. The maximum Gasteiger partial charge on any atom is 0.261 e. The molecule has 0 unspecified atom stereocenters. The van der Waals surface area contributed by atoms with Crippen molar-refractivity contribution in [1.82, 2.24) is 20.3 Å². The highest BCUT2D eigenvalue weighted by Gasteiger charge is 2.36. The standard InChI is InChI=1S/C10H13N5O/c11-10(3-1-2-4-10)9-14-8(16-15-9)7-5-12-13-6-7/h5-6H,1-4,11H2,(H,12,13). The summed E-state index contributed by atoms with van der Waals surface area (Å²) in [5.74, 6) is 1.08. The number of H-pyrrole nitrogens is 1. The summed E-state index contributed by atoms with van der Waals surface area (Å²) in [6.07, 6.45) is 7.48. The van der Waals surface area contributed by atoms with Gasteiger partial charge < -0.3 is 10.3 Å². The zero-order valence-corrected chi connectivity index (χ0v) is 8.81. The quantitative estimate of drug-likeness (QED) is 0.791. The van der Waals surface area contributed by atoms with Crippen LogP contribution in [0.15, 0.2) is 16.9 Å². The molecule has 6 nitrogen and oxygen atoms in total. The number of nitrogens with zero attached hydrogens (tertiary/aromatic N) is 3. The van der Waals surface area contributed by atoms with E-state index in [0.29, 0.717) is 11.7 Å².